The molecule has 4 saturated carbocycles. The number of halogens is 3. The minimum absolute atomic E-state index is 0.481. The van der Waals surface area contributed by atoms with E-state index >= 15 is 0 Å². The van der Waals surface area contributed by atoms with Gasteiger partial charge in [0, 0.05) is 0 Å². The molecule has 23 heavy (non-hydrogen) atoms. The maximum atomic E-state index is 9.67. The van der Waals surface area contributed by atoms with Crippen molar-refractivity contribution in [2.45, 2.75) is 43.9 Å². The van der Waals surface area contributed by atoms with Crippen LogP contribution in [0.15, 0.2) is 18.2 Å². The van der Waals surface area contributed by atoms with Crippen LogP contribution in [0.5, 0.6) is 5.75 Å². The van der Waals surface area contributed by atoms with Crippen molar-refractivity contribution in [2.24, 2.45) is 17.8 Å². The molecule has 4 aliphatic rings. The minimum Gasteiger partial charge on any atom is -0.254 e. The molecule has 0 atom stereocenters. The van der Waals surface area contributed by atoms with Gasteiger partial charge in [-0.15, -0.1) is 0 Å². The Labute approximate surface area is 170 Å². The molecule has 4 fully saturated rings. The van der Waals surface area contributed by atoms with Gasteiger partial charge in [0.2, 0.25) is 0 Å². The van der Waals surface area contributed by atoms with E-state index in [9.17, 15) is 12.9 Å². The van der Waals surface area contributed by atoms with Crippen LogP contribution < -0.4 is 4.39 Å². The summed E-state index contributed by atoms with van der Waals surface area (Å²) in [7, 11) is -1.82. The van der Waals surface area contributed by atoms with Crippen molar-refractivity contribution in [3.05, 3.63) is 23.8 Å². The molecule has 6 heteroatoms. The Bertz CT molecular complexity index is 529. The summed E-state index contributed by atoms with van der Waals surface area (Å²) in [4.78, 5) is 0. The summed E-state index contributed by atoms with van der Waals surface area (Å²) in [6.07, 6.45) is 8.87. The van der Waals surface area contributed by atoms with Crippen molar-refractivity contribution in [1.82, 2.24) is 0 Å². The molecule has 5 rings (SSSR count). The van der Waals surface area contributed by atoms with E-state index in [4.69, 9.17) is 4.74 Å². The van der Waals surface area contributed by atoms with Crippen LogP contribution in [0, 0.1) is 17.8 Å². The monoisotopic (exact) mass is 348 g/mol. The molecular weight excluding hydrogens is 327 g/mol. The number of hydrogen-bond donors (Lipinski definition) is 0. The fourth-order valence-electron chi connectivity index (χ4n) is 5.68. The van der Waals surface area contributed by atoms with Crippen LogP contribution >= 0.6 is 0 Å². The summed E-state index contributed by atoms with van der Waals surface area (Å²) < 4.78 is 36.3. The molecule has 4 aliphatic carbocycles. The summed E-state index contributed by atoms with van der Waals surface area (Å²) in [6, 6.07) is 6.99. The molecule has 0 heterocycles. The zero-order chi connectivity index (χ0) is 16.6. The first kappa shape index (κ1) is 18.3. The first-order valence-electron chi connectivity index (χ1n) is 8.49. The SMILES string of the molecule is COc1cc[c]([K])cc1C12CC3CC(CC(C3)C1)C2.FB(F)F. The third-order valence-electron chi connectivity index (χ3n) is 5.96. The summed E-state index contributed by atoms with van der Waals surface area (Å²) in [5.74, 6) is 4.20. The Morgan fingerprint density at radius 3 is 1.96 bits per heavy atom. The van der Waals surface area contributed by atoms with Gasteiger partial charge in [-0.25, -0.2) is 0 Å². The van der Waals surface area contributed by atoms with Crippen molar-refractivity contribution < 1.29 is 17.7 Å². The predicted molar refractivity (Wildman–Crippen MR) is 87.3 cm³/mol. The van der Waals surface area contributed by atoms with E-state index in [-0.39, 0.29) is 0 Å². The van der Waals surface area contributed by atoms with E-state index < -0.39 is 7.54 Å². The van der Waals surface area contributed by atoms with E-state index in [0.29, 0.717) is 5.41 Å². The van der Waals surface area contributed by atoms with E-state index in [1.165, 1.54) is 38.5 Å². The number of ether oxygens (including phenoxy) is 1. The van der Waals surface area contributed by atoms with Crippen LogP contribution in [0.4, 0.5) is 12.9 Å². The van der Waals surface area contributed by atoms with Crippen molar-refractivity contribution in [3.63, 3.8) is 0 Å². The standard InChI is InChI=1S/C17H21O.BF3.K/c1-18-16-5-3-2-4-15(16)17-9-12-6-13(10-17)8-14(7-12)11-17;2-1(3)4;/h3-5,12-14H,6-11H2,1H3;;. The number of hydrogen-bond acceptors (Lipinski definition) is 1. The number of benzene rings is 1. The van der Waals surface area contributed by atoms with Gasteiger partial charge in [-0.2, -0.15) is 0 Å². The third kappa shape index (κ3) is 4.02. The summed E-state index contributed by atoms with van der Waals surface area (Å²) in [5.41, 5.74) is 2.05. The molecular formula is C17H21BF3KO. The molecule has 1 aromatic carbocycles. The van der Waals surface area contributed by atoms with Crippen LogP contribution in [0.25, 0.3) is 0 Å². The smallest absolute Gasteiger partial charge is 0.254 e. The Morgan fingerprint density at radius 1 is 1.04 bits per heavy atom. The molecule has 0 amide bonds. The second-order valence-electron chi connectivity index (χ2n) is 7.65. The molecule has 0 aromatic heterocycles. The number of rotatable bonds is 2. The van der Waals surface area contributed by atoms with Gasteiger partial charge in [-0.3, -0.25) is 12.9 Å². The number of methoxy groups -OCH3 is 1. The summed E-state index contributed by atoms with van der Waals surface area (Å²) in [6.45, 7) is 0. The minimum atomic E-state index is -3.67. The fraction of sp³-hybridized carbons (Fsp3) is 0.647. The first-order chi connectivity index (χ1) is 10.9. The fourth-order valence-corrected chi connectivity index (χ4v) is 6.39. The van der Waals surface area contributed by atoms with E-state index in [1.807, 2.05) is 7.11 Å². The molecule has 1 nitrogen and oxygen atoms in total. The largest absolute Gasteiger partial charge is 0.762 e. The van der Waals surface area contributed by atoms with Gasteiger partial charge >= 0.3 is 159 Å². The van der Waals surface area contributed by atoms with Gasteiger partial charge in [0.05, 0.1) is 0 Å². The molecule has 0 unspecified atom stereocenters. The van der Waals surface area contributed by atoms with E-state index in [1.54, 1.807) is 5.22 Å². The molecule has 0 N–H and O–H groups in total. The van der Waals surface area contributed by atoms with E-state index in [0.717, 1.165) is 72.5 Å². The molecule has 4 bridgehead atoms. The summed E-state index contributed by atoms with van der Waals surface area (Å²) in [5, 5.41) is 0. The second-order valence-corrected chi connectivity index (χ2v) is 9.45. The van der Waals surface area contributed by atoms with Crippen molar-refractivity contribution in [1.29, 1.82) is 0 Å². The van der Waals surface area contributed by atoms with E-state index in [2.05, 4.69) is 18.2 Å². The van der Waals surface area contributed by atoms with Gasteiger partial charge in [0.25, 0.3) is 0 Å². The topological polar surface area (TPSA) is 9.23 Å². The van der Waals surface area contributed by atoms with Gasteiger partial charge in [-0.05, 0) is 0 Å². The molecule has 120 valence electrons. The average molecular weight is 348 g/mol. The zero-order valence-electron chi connectivity index (χ0n) is 13.8. The van der Waals surface area contributed by atoms with Gasteiger partial charge in [0.15, 0.2) is 0 Å². The van der Waals surface area contributed by atoms with Gasteiger partial charge in [0.1, 0.15) is 0 Å². The quantitative estimate of drug-likeness (QED) is 0.738. The first-order valence-corrected chi connectivity index (χ1v) is 10.1. The predicted octanol–water partition coefficient (Wildman–Crippen LogP) is 3.84. The van der Waals surface area contributed by atoms with Crippen LogP contribution in [-0.2, 0) is 5.41 Å². The van der Waals surface area contributed by atoms with Crippen LogP contribution in [0.3, 0.4) is 0 Å². The van der Waals surface area contributed by atoms with Crippen LogP contribution in [0.2, 0.25) is 0 Å². The van der Waals surface area contributed by atoms with Gasteiger partial charge in [-0.1, -0.05) is 0 Å². The zero-order valence-corrected chi connectivity index (χ0v) is 16.9. The van der Waals surface area contributed by atoms with Crippen molar-refractivity contribution in [2.75, 3.05) is 7.11 Å². The maximum Gasteiger partial charge on any atom is 0.762 e. The Hall–Kier alpha value is 0.511. The van der Waals surface area contributed by atoms with Crippen molar-refractivity contribution >= 4 is 56.2 Å². The Kier molecular flexibility index (Phi) is 5.89. The second kappa shape index (κ2) is 7.40. The molecule has 0 aliphatic heterocycles. The van der Waals surface area contributed by atoms with Crippen LogP contribution in [0.1, 0.15) is 44.1 Å². The Morgan fingerprint density at radius 2 is 1.52 bits per heavy atom. The summed E-state index contributed by atoms with van der Waals surface area (Å²) >= 11 is 0.774. The van der Waals surface area contributed by atoms with Crippen molar-refractivity contribution in [3.8, 4) is 5.75 Å². The molecule has 0 radical (unpaired) electrons. The molecule has 0 saturated heterocycles. The maximum absolute atomic E-state index is 9.67. The van der Waals surface area contributed by atoms with Crippen LogP contribution in [-0.4, -0.2) is 63.6 Å². The average Bonchev–Trinajstić information content (AvgIpc) is 2.45. The Balaban J connectivity index is 0.000000354. The normalized spacial score (nSPS) is 33.9. The third-order valence-corrected chi connectivity index (χ3v) is 6.94. The molecule has 1 aromatic rings. The molecule has 0 spiro atoms. The van der Waals surface area contributed by atoms with Gasteiger partial charge < -0.3 is 0 Å².